The van der Waals surface area contributed by atoms with Gasteiger partial charge in [-0.2, -0.15) is 0 Å². The molecule has 0 saturated carbocycles. The minimum atomic E-state index is -0.436. The topological polar surface area (TPSA) is 76.7 Å². The second-order valence-corrected chi connectivity index (χ2v) is 15.7. The first-order valence-corrected chi connectivity index (χ1v) is 20.3. The second kappa shape index (κ2) is 15.2. The third-order valence-electron chi connectivity index (χ3n) is 10.8. The van der Waals surface area contributed by atoms with E-state index in [1.165, 1.54) is 15.4 Å². The maximum absolute atomic E-state index is 6.84. The van der Waals surface area contributed by atoms with E-state index in [1.807, 2.05) is 42.5 Å². The number of furan rings is 2. The van der Waals surface area contributed by atoms with Gasteiger partial charge in [0.15, 0.2) is 0 Å². The van der Waals surface area contributed by atoms with Crippen molar-refractivity contribution in [2.24, 2.45) is 10.7 Å². The number of fused-ring (bicyclic) bond motifs is 6. The number of nitrogens with one attached hydrogen (secondary N) is 1. The molecule has 1 unspecified atom stereocenters. The summed E-state index contributed by atoms with van der Waals surface area (Å²) in [5, 5.41) is 8.06. The number of amidine groups is 1. The summed E-state index contributed by atoms with van der Waals surface area (Å²) >= 11 is 1.79. The van der Waals surface area contributed by atoms with Crippen LogP contribution < -0.4 is 11.1 Å². The number of nitrogens with zero attached hydrogens (tertiary/aromatic N) is 1. The van der Waals surface area contributed by atoms with E-state index in [0.717, 1.165) is 82.8 Å². The Balaban J connectivity index is 0.991. The molecule has 6 heteroatoms. The lowest BCUT2D eigenvalue weighted by atomic mass is 10.0. The summed E-state index contributed by atoms with van der Waals surface area (Å²) in [5.74, 6) is 0.423. The van der Waals surface area contributed by atoms with E-state index in [9.17, 15) is 0 Å². The summed E-state index contributed by atoms with van der Waals surface area (Å²) in [6.45, 7) is 2.69. The smallest absolute Gasteiger partial charge is 0.136 e. The van der Waals surface area contributed by atoms with Gasteiger partial charge in [-0.1, -0.05) is 139 Å². The number of hydrogen-bond donors (Lipinski definition) is 2. The van der Waals surface area contributed by atoms with E-state index in [-0.39, 0.29) is 0 Å². The summed E-state index contributed by atoms with van der Waals surface area (Å²) < 4.78 is 12.6. The standard InChI is InChI=1S/C52H39N3O2S/c1-33-11-5-8-20-49(33)58-41-16-9-14-37(29-41)38-26-28-46-44(30-38)50-40(15-10-19-47(50)56-46)32-54-52(36-23-21-35(22-24-36)34-12-3-2-4-13-34)55-51(53)39-25-27-43-42-17-6-7-18-45(42)57-48(43)31-39/h2-31,52,54H,32H2,1H3,(H2,53,55). The van der Waals surface area contributed by atoms with Gasteiger partial charge in [0.25, 0.3) is 0 Å². The van der Waals surface area contributed by atoms with Crippen LogP contribution in [0.15, 0.2) is 206 Å². The first-order valence-electron chi connectivity index (χ1n) is 19.5. The molecule has 8 aromatic carbocycles. The number of hydrogen-bond acceptors (Lipinski definition) is 5. The van der Waals surface area contributed by atoms with Crippen LogP contribution in [0.3, 0.4) is 0 Å². The molecule has 0 fully saturated rings. The van der Waals surface area contributed by atoms with Crippen LogP contribution in [0, 0.1) is 6.92 Å². The van der Waals surface area contributed by atoms with Gasteiger partial charge in [-0.15, -0.1) is 0 Å². The van der Waals surface area contributed by atoms with Crippen LogP contribution in [0.5, 0.6) is 0 Å². The van der Waals surface area contributed by atoms with Crippen molar-refractivity contribution < 1.29 is 8.83 Å². The van der Waals surface area contributed by atoms with Crippen molar-refractivity contribution >= 4 is 61.5 Å². The van der Waals surface area contributed by atoms with Crippen molar-refractivity contribution in [3.63, 3.8) is 0 Å². The molecule has 2 heterocycles. The summed E-state index contributed by atoms with van der Waals surface area (Å²) in [7, 11) is 0. The van der Waals surface area contributed by atoms with Gasteiger partial charge < -0.3 is 14.6 Å². The molecule has 0 saturated heterocycles. The molecule has 1 atom stereocenters. The van der Waals surface area contributed by atoms with Gasteiger partial charge in [-0.05, 0) is 100 Å². The summed E-state index contributed by atoms with van der Waals surface area (Å²) in [6, 6.07) is 63.1. The van der Waals surface area contributed by atoms with E-state index in [2.05, 4.69) is 152 Å². The molecule has 0 aliphatic carbocycles. The molecule has 0 bridgehead atoms. The molecule has 5 nitrogen and oxygen atoms in total. The number of aryl methyl sites for hydroxylation is 1. The lowest BCUT2D eigenvalue weighted by molar-refractivity contribution is 0.556. The van der Waals surface area contributed by atoms with E-state index in [0.29, 0.717) is 12.4 Å². The Labute approximate surface area is 340 Å². The molecule has 3 N–H and O–H groups in total. The van der Waals surface area contributed by atoms with Crippen molar-refractivity contribution in [2.45, 2.75) is 29.4 Å². The highest BCUT2D eigenvalue weighted by Gasteiger charge is 2.17. The minimum absolute atomic E-state index is 0.423. The minimum Gasteiger partial charge on any atom is -0.456 e. The Morgan fingerprint density at radius 1 is 0.569 bits per heavy atom. The zero-order valence-corrected chi connectivity index (χ0v) is 32.7. The fraction of sp³-hybridized carbons (Fsp3) is 0.0577. The maximum atomic E-state index is 6.84. The highest BCUT2D eigenvalue weighted by atomic mass is 32.2. The number of rotatable bonds is 10. The lowest BCUT2D eigenvalue weighted by Crippen LogP contribution is -2.24. The lowest BCUT2D eigenvalue weighted by Gasteiger charge is -2.18. The van der Waals surface area contributed by atoms with Crippen LogP contribution in [0.25, 0.3) is 66.1 Å². The molecule has 0 aliphatic rings. The zero-order chi connectivity index (χ0) is 39.0. The Hall–Kier alpha value is -6.86. The van der Waals surface area contributed by atoms with Gasteiger partial charge >= 0.3 is 0 Å². The normalized spacial score (nSPS) is 12.5. The monoisotopic (exact) mass is 769 g/mol. The molecular formula is C52H39N3O2S. The van der Waals surface area contributed by atoms with Gasteiger partial charge in [-0.3, -0.25) is 5.32 Å². The largest absolute Gasteiger partial charge is 0.456 e. The van der Waals surface area contributed by atoms with Gasteiger partial charge in [0.05, 0.1) is 0 Å². The predicted octanol–water partition coefficient (Wildman–Crippen LogP) is 13.5. The van der Waals surface area contributed by atoms with Crippen LogP contribution in [0.1, 0.15) is 28.4 Å². The molecular weight excluding hydrogens is 731 g/mol. The fourth-order valence-corrected chi connectivity index (χ4v) is 8.76. The van der Waals surface area contributed by atoms with Crippen molar-refractivity contribution in [1.82, 2.24) is 5.32 Å². The van der Waals surface area contributed by atoms with Crippen LogP contribution in [-0.4, -0.2) is 5.84 Å². The first-order chi connectivity index (χ1) is 28.5. The van der Waals surface area contributed by atoms with E-state index in [4.69, 9.17) is 19.6 Å². The van der Waals surface area contributed by atoms with Crippen LogP contribution in [0.2, 0.25) is 0 Å². The van der Waals surface area contributed by atoms with Gasteiger partial charge in [0, 0.05) is 43.4 Å². The van der Waals surface area contributed by atoms with Crippen molar-refractivity contribution in [3.8, 4) is 22.3 Å². The van der Waals surface area contributed by atoms with Crippen LogP contribution >= 0.6 is 11.8 Å². The molecule has 280 valence electrons. The third-order valence-corrected chi connectivity index (χ3v) is 12.0. The SMILES string of the molecule is Cc1ccccc1Sc1cccc(-c2ccc3oc4cccc(CNC(N=C(N)c5ccc6c(c5)oc5ccccc56)c5ccc(-c6ccccc6)cc5)c4c3c2)c1. The summed E-state index contributed by atoms with van der Waals surface area (Å²) in [4.78, 5) is 7.60. The Morgan fingerprint density at radius 2 is 1.24 bits per heavy atom. The van der Waals surface area contributed by atoms with Crippen LogP contribution in [0.4, 0.5) is 0 Å². The number of para-hydroxylation sites is 1. The average molecular weight is 770 g/mol. The molecule has 0 radical (unpaired) electrons. The summed E-state index contributed by atoms with van der Waals surface area (Å²) in [6.07, 6.45) is -0.436. The third kappa shape index (κ3) is 6.94. The Bertz CT molecular complexity index is 3130. The molecule has 0 aliphatic heterocycles. The highest BCUT2D eigenvalue weighted by molar-refractivity contribution is 7.99. The van der Waals surface area contributed by atoms with E-state index < -0.39 is 6.17 Å². The zero-order valence-electron chi connectivity index (χ0n) is 31.9. The number of benzene rings is 8. The average Bonchev–Trinajstić information content (AvgIpc) is 3.84. The van der Waals surface area contributed by atoms with Crippen molar-refractivity contribution in [2.75, 3.05) is 0 Å². The van der Waals surface area contributed by atoms with Crippen LogP contribution in [-0.2, 0) is 6.54 Å². The molecule has 0 amide bonds. The van der Waals surface area contributed by atoms with Gasteiger partial charge in [-0.25, -0.2) is 4.99 Å². The molecule has 10 rings (SSSR count). The van der Waals surface area contributed by atoms with Crippen molar-refractivity contribution in [1.29, 1.82) is 0 Å². The molecule has 0 spiro atoms. The Kier molecular flexibility index (Phi) is 9.34. The molecule has 2 aromatic heterocycles. The second-order valence-electron chi connectivity index (χ2n) is 14.6. The number of aliphatic imine (C=N–C) groups is 1. The van der Waals surface area contributed by atoms with E-state index in [1.54, 1.807) is 11.8 Å². The fourth-order valence-electron chi connectivity index (χ4n) is 7.80. The maximum Gasteiger partial charge on any atom is 0.136 e. The Morgan fingerprint density at radius 3 is 2.12 bits per heavy atom. The van der Waals surface area contributed by atoms with Gasteiger partial charge in [0.1, 0.15) is 34.3 Å². The van der Waals surface area contributed by atoms with Gasteiger partial charge in [0.2, 0.25) is 0 Å². The first kappa shape index (κ1) is 35.5. The molecule has 58 heavy (non-hydrogen) atoms. The highest BCUT2D eigenvalue weighted by Crippen LogP contribution is 2.37. The predicted molar refractivity (Wildman–Crippen MR) is 240 cm³/mol. The van der Waals surface area contributed by atoms with E-state index >= 15 is 0 Å². The van der Waals surface area contributed by atoms with Crippen molar-refractivity contribution in [3.05, 3.63) is 204 Å². The summed E-state index contributed by atoms with van der Waals surface area (Å²) in [5.41, 5.74) is 19.0. The quantitative estimate of drug-likeness (QED) is 0.107. The molecule has 10 aromatic rings. The number of nitrogens with two attached hydrogens (primary N) is 1.